The van der Waals surface area contributed by atoms with Gasteiger partial charge in [0.1, 0.15) is 0 Å². The molecule has 2 atom stereocenters. The molecule has 3 heteroatoms. The van der Waals surface area contributed by atoms with Gasteiger partial charge in [0.25, 0.3) is 0 Å². The van der Waals surface area contributed by atoms with Crippen molar-refractivity contribution in [1.82, 2.24) is 10.2 Å². The van der Waals surface area contributed by atoms with Crippen molar-refractivity contribution in [2.24, 2.45) is 5.92 Å². The first-order valence-electron chi connectivity index (χ1n) is 8.39. The quantitative estimate of drug-likeness (QED) is 0.845. The fraction of sp³-hybridized carbons (Fsp3) is 0.556. The van der Waals surface area contributed by atoms with Crippen LogP contribution in [0.25, 0.3) is 5.70 Å². The highest BCUT2D eigenvalue weighted by Gasteiger charge is 2.37. The van der Waals surface area contributed by atoms with Gasteiger partial charge in [0, 0.05) is 11.8 Å². The molecule has 1 aromatic carbocycles. The molecule has 21 heavy (non-hydrogen) atoms. The van der Waals surface area contributed by atoms with Gasteiger partial charge in [-0.05, 0) is 17.9 Å². The summed E-state index contributed by atoms with van der Waals surface area (Å²) in [6.07, 6.45) is 10.0. The Morgan fingerprint density at radius 3 is 2.86 bits per heavy atom. The normalized spacial score (nSPS) is 26.0. The van der Waals surface area contributed by atoms with Crippen LogP contribution in [-0.4, -0.2) is 19.4 Å². The molecule has 1 aromatic rings. The van der Waals surface area contributed by atoms with E-state index in [2.05, 4.69) is 40.7 Å². The highest BCUT2D eigenvalue weighted by Crippen LogP contribution is 2.47. The first-order chi connectivity index (χ1) is 10.3. The highest BCUT2D eigenvalue weighted by molar-refractivity contribution is 6.11. The molecule has 3 aliphatic rings. The van der Waals surface area contributed by atoms with Crippen molar-refractivity contribution in [2.75, 3.05) is 6.67 Å². The Hall–Kier alpha value is -1.38. The number of benzene rings is 1. The van der Waals surface area contributed by atoms with Crippen LogP contribution in [0.1, 0.15) is 55.7 Å². The average Bonchev–Trinajstić information content (AvgIpc) is 3.11. The lowest BCUT2D eigenvalue weighted by Crippen LogP contribution is -2.26. The predicted molar refractivity (Wildman–Crippen MR) is 87.7 cm³/mol. The Labute approximate surface area is 129 Å². The van der Waals surface area contributed by atoms with Gasteiger partial charge in [0.05, 0.1) is 26.3 Å². The van der Waals surface area contributed by atoms with Crippen LogP contribution in [0, 0.1) is 5.92 Å². The van der Waals surface area contributed by atoms with E-state index in [4.69, 9.17) is 7.85 Å². The van der Waals surface area contributed by atoms with Crippen LogP contribution in [0.3, 0.4) is 0 Å². The van der Waals surface area contributed by atoms with Gasteiger partial charge in [-0.1, -0.05) is 62.2 Å². The maximum atomic E-state index is 6.60. The lowest BCUT2D eigenvalue weighted by Gasteiger charge is -2.33. The number of hydrogen-bond acceptors (Lipinski definition) is 2. The van der Waals surface area contributed by atoms with E-state index in [0.717, 1.165) is 19.0 Å². The largest absolute Gasteiger partial charge is 0.372 e. The molecular weight excluding hydrogens is 255 g/mol. The summed E-state index contributed by atoms with van der Waals surface area (Å²) in [5, 5.41) is 3.37. The minimum Gasteiger partial charge on any atom is -0.372 e. The molecule has 0 unspecified atom stereocenters. The van der Waals surface area contributed by atoms with E-state index in [1.807, 2.05) is 0 Å². The molecule has 1 N–H and O–H groups in total. The lowest BCUT2D eigenvalue weighted by molar-refractivity contribution is 0.262. The van der Waals surface area contributed by atoms with Crippen molar-refractivity contribution in [3.05, 3.63) is 41.6 Å². The van der Waals surface area contributed by atoms with Crippen LogP contribution in [0.4, 0.5) is 0 Å². The summed E-state index contributed by atoms with van der Waals surface area (Å²) in [6.45, 7) is 0.923. The summed E-state index contributed by atoms with van der Waals surface area (Å²) >= 11 is 0. The summed E-state index contributed by atoms with van der Waals surface area (Å²) in [5.41, 5.74) is 4.21. The number of nitrogens with zero attached hydrogens (tertiary/aromatic N) is 1. The zero-order valence-corrected chi connectivity index (χ0v) is 12.6. The zero-order chi connectivity index (χ0) is 14.2. The van der Waals surface area contributed by atoms with E-state index < -0.39 is 0 Å². The number of nitrogens with one attached hydrogen (secondary N) is 1. The van der Waals surface area contributed by atoms with E-state index >= 15 is 0 Å². The first kappa shape index (κ1) is 13.3. The topological polar surface area (TPSA) is 15.3 Å². The molecule has 1 saturated carbocycles. The van der Waals surface area contributed by atoms with Gasteiger partial charge in [-0.25, -0.2) is 0 Å². The van der Waals surface area contributed by atoms with Gasteiger partial charge in [0.15, 0.2) is 0 Å². The minimum absolute atomic E-state index is 0.336. The molecule has 2 aliphatic heterocycles. The minimum atomic E-state index is 0.336. The van der Waals surface area contributed by atoms with Crippen LogP contribution in [0.2, 0.25) is 5.82 Å². The molecule has 1 fully saturated rings. The molecule has 0 bridgehead atoms. The first-order valence-corrected chi connectivity index (χ1v) is 8.39. The summed E-state index contributed by atoms with van der Waals surface area (Å²) in [6, 6.07) is 9.28. The maximum absolute atomic E-state index is 6.60. The second kappa shape index (κ2) is 5.44. The Bertz CT molecular complexity index is 548. The number of hydrogen-bond donors (Lipinski definition) is 1. The second-order valence-electron chi connectivity index (χ2n) is 6.76. The zero-order valence-electron chi connectivity index (χ0n) is 12.6. The van der Waals surface area contributed by atoms with E-state index in [1.165, 1.54) is 48.9 Å². The van der Waals surface area contributed by atoms with Gasteiger partial charge < -0.3 is 10.2 Å². The van der Waals surface area contributed by atoms with E-state index in [9.17, 15) is 0 Å². The Balaban J connectivity index is 1.56. The van der Waals surface area contributed by atoms with Crippen LogP contribution < -0.4 is 5.32 Å². The summed E-state index contributed by atoms with van der Waals surface area (Å²) in [7, 11) is 6.60. The van der Waals surface area contributed by atoms with Crippen molar-refractivity contribution in [1.29, 1.82) is 0 Å². The van der Waals surface area contributed by atoms with Gasteiger partial charge in [-0.2, -0.15) is 0 Å². The van der Waals surface area contributed by atoms with Crippen molar-refractivity contribution in [2.45, 2.75) is 50.4 Å². The fourth-order valence-corrected chi connectivity index (χ4v) is 4.37. The van der Waals surface area contributed by atoms with Gasteiger partial charge in [-0.15, -0.1) is 0 Å². The van der Waals surface area contributed by atoms with Gasteiger partial charge in [0.2, 0.25) is 0 Å². The molecule has 2 heterocycles. The molecule has 108 valence electrons. The van der Waals surface area contributed by atoms with Crippen molar-refractivity contribution in [3.63, 3.8) is 0 Å². The molecule has 0 aromatic heterocycles. The third-order valence-electron chi connectivity index (χ3n) is 5.53. The van der Waals surface area contributed by atoms with E-state index in [1.54, 1.807) is 0 Å². The van der Waals surface area contributed by atoms with Crippen molar-refractivity contribution < 1.29 is 0 Å². The highest BCUT2D eigenvalue weighted by atomic mass is 15.3. The van der Waals surface area contributed by atoms with Crippen molar-refractivity contribution >= 4 is 13.5 Å². The summed E-state index contributed by atoms with van der Waals surface area (Å²) in [4.78, 5) is 2.49. The molecule has 4 rings (SSSR count). The predicted octanol–water partition coefficient (Wildman–Crippen LogP) is 3.83. The maximum Gasteiger partial charge on any atom is 0.0879 e. The van der Waals surface area contributed by atoms with Crippen LogP contribution in [0.5, 0.6) is 0 Å². The third-order valence-corrected chi connectivity index (χ3v) is 5.53. The summed E-state index contributed by atoms with van der Waals surface area (Å²) in [5.74, 6) is 1.07. The monoisotopic (exact) mass is 278 g/mol. The molecule has 0 spiro atoms. The van der Waals surface area contributed by atoms with Crippen LogP contribution in [-0.2, 0) is 0 Å². The van der Waals surface area contributed by atoms with E-state index in [0.29, 0.717) is 11.9 Å². The average molecular weight is 278 g/mol. The van der Waals surface area contributed by atoms with Crippen LogP contribution in [0.15, 0.2) is 30.5 Å². The standard InChI is InChI=1S/C18H23BN2/c19-16(13-6-2-1-3-7-13)10-17-14-8-4-5-9-15(14)18-11-20-12-21(17)18/h4-5,8-9,11,13,16-17,20H,1-3,6-7,10,12H2/t16-,17-/m1/s1. The van der Waals surface area contributed by atoms with Crippen molar-refractivity contribution in [3.8, 4) is 0 Å². The van der Waals surface area contributed by atoms with Gasteiger partial charge >= 0.3 is 0 Å². The van der Waals surface area contributed by atoms with Crippen LogP contribution >= 0.6 is 0 Å². The molecular formula is C18H23BN2. The third kappa shape index (κ3) is 2.27. The number of rotatable bonds is 3. The van der Waals surface area contributed by atoms with E-state index in [-0.39, 0.29) is 0 Å². The molecule has 2 radical (unpaired) electrons. The summed E-state index contributed by atoms with van der Waals surface area (Å²) < 4.78 is 0. The smallest absolute Gasteiger partial charge is 0.0879 e. The lowest BCUT2D eigenvalue weighted by atomic mass is 9.67. The Morgan fingerprint density at radius 2 is 2.00 bits per heavy atom. The molecule has 0 amide bonds. The SMILES string of the molecule is [B][C@H](C[C@@H]1c2ccccc2C2=CNCN21)C1CCCCC1. The molecule has 2 nitrogen and oxygen atoms in total. The molecule has 0 saturated heterocycles. The Morgan fingerprint density at radius 1 is 1.19 bits per heavy atom. The Kier molecular flexibility index (Phi) is 3.44. The molecule has 1 aliphatic carbocycles. The fourth-order valence-electron chi connectivity index (χ4n) is 4.37. The van der Waals surface area contributed by atoms with Gasteiger partial charge in [-0.3, -0.25) is 0 Å². The number of fused-ring (bicyclic) bond motifs is 3. The second-order valence-corrected chi connectivity index (χ2v) is 6.76.